The van der Waals surface area contributed by atoms with E-state index in [1.165, 1.54) is 12.1 Å². The Labute approximate surface area is 199 Å². The molecule has 1 heterocycles. The molecule has 34 heavy (non-hydrogen) atoms. The predicted molar refractivity (Wildman–Crippen MR) is 128 cm³/mol. The van der Waals surface area contributed by atoms with Crippen LogP contribution >= 0.6 is 0 Å². The van der Waals surface area contributed by atoms with Crippen LogP contribution in [0.15, 0.2) is 71.1 Å². The highest BCUT2D eigenvalue weighted by Crippen LogP contribution is 2.45. The van der Waals surface area contributed by atoms with Gasteiger partial charge in [-0.05, 0) is 60.6 Å². The lowest BCUT2D eigenvalue weighted by molar-refractivity contribution is -0.140. The predicted octanol–water partition coefficient (Wildman–Crippen LogP) is 5.40. The number of ether oxygens (including phenoxy) is 2. The van der Waals surface area contributed by atoms with Crippen molar-refractivity contribution in [1.29, 1.82) is 0 Å². The van der Waals surface area contributed by atoms with Gasteiger partial charge in [-0.15, -0.1) is 0 Å². The number of rotatable bonds is 6. The summed E-state index contributed by atoms with van der Waals surface area (Å²) in [6.07, 6.45) is 0.967. The van der Waals surface area contributed by atoms with Gasteiger partial charge in [0, 0.05) is 29.3 Å². The highest BCUT2D eigenvalue weighted by atomic mass is 19.1. The smallest absolute Gasteiger partial charge is 0.336 e. The monoisotopic (exact) mass is 463 g/mol. The summed E-state index contributed by atoms with van der Waals surface area (Å²) >= 11 is 0. The molecule has 178 valence electrons. The lowest BCUT2D eigenvalue weighted by Gasteiger charge is -2.36. The number of carbonyl (C=O) groups is 2. The minimum atomic E-state index is -0.596. The van der Waals surface area contributed by atoms with Crippen LogP contribution in [0.4, 0.5) is 4.39 Å². The molecular formula is C28H30FNO4. The molecule has 5 nitrogen and oxygen atoms in total. The molecule has 0 aromatic heterocycles. The summed E-state index contributed by atoms with van der Waals surface area (Å²) in [5, 5.41) is 3.34. The molecule has 0 spiro atoms. The molecule has 1 N–H and O–H groups in total. The van der Waals surface area contributed by atoms with Gasteiger partial charge in [0.2, 0.25) is 0 Å². The average molecular weight is 464 g/mol. The summed E-state index contributed by atoms with van der Waals surface area (Å²) in [5.74, 6) is -0.480. The molecule has 0 amide bonds. The van der Waals surface area contributed by atoms with Gasteiger partial charge in [-0.25, -0.2) is 9.18 Å². The summed E-state index contributed by atoms with van der Waals surface area (Å²) in [6.45, 7) is 6.05. The number of benzene rings is 2. The number of Topliss-reactive ketones (excluding diaryl/α,β-unsaturated/α-hetero) is 1. The van der Waals surface area contributed by atoms with E-state index in [1.54, 1.807) is 19.2 Å². The number of dihydropyridines is 1. The highest BCUT2D eigenvalue weighted by molar-refractivity contribution is 6.04. The number of esters is 1. The first-order chi connectivity index (χ1) is 16.3. The van der Waals surface area contributed by atoms with Gasteiger partial charge < -0.3 is 14.8 Å². The molecule has 2 atom stereocenters. The molecule has 1 aliphatic heterocycles. The third-order valence-corrected chi connectivity index (χ3v) is 6.39. The van der Waals surface area contributed by atoms with Gasteiger partial charge >= 0.3 is 5.97 Å². The quantitative estimate of drug-likeness (QED) is 0.582. The maximum absolute atomic E-state index is 13.7. The molecule has 0 saturated heterocycles. The minimum absolute atomic E-state index is 0.0146. The molecule has 0 unspecified atom stereocenters. The zero-order valence-corrected chi connectivity index (χ0v) is 20.0. The number of nitrogens with one attached hydrogen (secondary N) is 1. The number of halogens is 1. The molecule has 4 rings (SSSR count). The molecule has 6 heteroatoms. The van der Waals surface area contributed by atoms with Crippen LogP contribution in [0.5, 0.6) is 5.75 Å². The molecule has 2 aromatic rings. The fraction of sp³-hybridized carbons (Fsp3) is 0.357. The summed E-state index contributed by atoms with van der Waals surface area (Å²) < 4.78 is 24.5. The van der Waals surface area contributed by atoms with Gasteiger partial charge in [0.1, 0.15) is 11.6 Å². The Morgan fingerprint density at radius 3 is 2.32 bits per heavy atom. The van der Waals surface area contributed by atoms with Crippen LogP contribution in [0.25, 0.3) is 0 Å². The van der Waals surface area contributed by atoms with Crippen LogP contribution in [0.3, 0.4) is 0 Å². The van der Waals surface area contributed by atoms with E-state index in [-0.39, 0.29) is 30.0 Å². The Morgan fingerprint density at radius 1 is 1.06 bits per heavy atom. The first-order valence-corrected chi connectivity index (χ1v) is 11.6. The van der Waals surface area contributed by atoms with Gasteiger partial charge in [0.05, 0.1) is 19.3 Å². The van der Waals surface area contributed by atoms with Crippen molar-refractivity contribution in [2.75, 3.05) is 13.7 Å². The van der Waals surface area contributed by atoms with Gasteiger partial charge in [-0.2, -0.15) is 0 Å². The van der Waals surface area contributed by atoms with Crippen molar-refractivity contribution in [3.63, 3.8) is 0 Å². The van der Waals surface area contributed by atoms with E-state index in [2.05, 4.69) is 5.32 Å². The number of hydrogen-bond donors (Lipinski definition) is 1. The molecule has 0 radical (unpaired) electrons. The van der Waals surface area contributed by atoms with E-state index in [4.69, 9.17) is 9.47 Å². The molecule has 0 bridgehead atoms. The Hall–Kier alpha value is -3.41. The number of ketones is 1. The zero-order chi connectivity index (χ0) is 24.4. The summed E-state index contributed by atoms with van der Waals surface area (Å²) in [6, 6.07) is 13.8. The van der Waals surface area contributed by atoms with Crippen LogP contribution in [-0.2, 0) is 14.3 Å². The third kappa shape index (κ3) is 4.76. The van der Waals surface area contributed by atoms with Crippen LogP contribution in [0.2, 0.25) is 0 Å². The molecular weight excluding hydrogens is 433 g/mol. The van der Waals surface area contributed by atoms with E-state index >= 15 is 0 Å². The number of methoxy groups -OCH3 is 1. The molecule has 2 aromatic carbocycles. The van der Waals surface area contributed by atoms with Crippen molar-refractivity contribution in [3.05, 3.63) is 88.0 Å². The van der Waals surface area contributed by atoms with Crippen molar-refractivity contribution >= 4 is 11.8 Å². The van der Waals surface area contributed by atoms with Crippen LogP contribution in [0, 0.1) is 11.7 Å². The number of allylic oxidation sites excluding steroid dienone is 3. The summed E-state index contributed by atoms with van der Waals surface area (Å²) in [4.78, 5) is 26.7. The van der Waals surface area contributed by atoms with Crippen molar-refractivity contribution in [2.45, 2.75) is 45.4 Å². The Kier molecular flexibility index (Phi) is 6.87. The second-order valence-corrected chi connectivity index (χ2v) is 9.33. The SMILES string of the molecule is COc1ccc([C@H]2CC(=O)C3=C(C2)NC(C)=C(C(=O)OCC(C)C)[C@H]3c2ccc(F)cc2)cc1. The highest BCUT2D eigenvalue weighted by Gasteiger charge is 2.41. The fourth-order valence-electron chi connectivity index (χ4n) is 4.73. The molecule has 1 aliphatic carbocycles. The van der Waals surface area contributed by atoms with Gasteiger partial charge in [0.25, 0.3) is 0 Å². The third-order valence-electron chi connectivity index (χ3n) is 6.39. The maximum atomic E-state index is 13.7. The van der Waals surface area contributed by atoms with Crippen molar-refractivity contribution in [2.24, 2.45) is 5.92 Å². The number of hydrogen-bond acceptors (Lipinski definition) is 5. The Bertz CT molecular complexity index is 1150. The number of carbonyl (C=O) groups excluding carboxylic acids is 2. The Morgan fingerprint density at radius 2 is 1.71 bits per heavy atom. The largest absolute Gasteiger partial charge is 0.497 e. The van der Waals surface area contributed by atoms with E-state index in [0.717, 1.165) is 17.0 Å². The minimum Gasteiger partial charge on any atom is -0.497 e. The van der Waals surface area contributed by atoms with Crippen LogP contribution in [0.1, 0.15) is 56.6 Å². The zero-order valence-electron chi connectivity index (χ0n) is 20.0. The molecule has 2 aliphatic rings. The maximum Gasteiger partial charge on any atom is 0.336 e. The average Bonchev–Trinajstić information content (AvgIpc) is 2.82. The lowest BCUT2D eigenvalue weighted by atomic mass is 9.71. The van der Waals surface area contributed by atoms with Gasteiger partial charge in [-0.1, -0.05) is 38.1 Å². The van der Waals surface area contributed by atoms with Crippen LogP contribution < -0.4 is 10.1 Å². The van der Waals surface area contributed by atoms with Crippen molar-refractivity contribution in [3.8, 4) is 5.75 Å². The van der Waals surface area contributed by atoms with E-state index in [9.17, 15) is 14.0 Å². The van der Waals surface area contributed by atoms with Gasteiger partial charge in [-0.3, -0.25) is 4.79 Å². The van der Waals surface area contributed by atoms with Crippen molar-refractivity contribution < 1.29 is 23.5 Å². The summed E-state index contributed by atoms with van der Waals surface area (Å²) in [7, 11) is 1.62. The molecule has 0 fully saturated rings. The normalized spacial score (nSPS) is 20.2. The Balaban J connectivity index is 1.73. The first kappa shape index (κ1) is 23.7. The van der Waals surface area contributed by atoms with E-state index in [1.807, 2.05) is 45.0 Å². The second kappa shape index (κ2) is 9.84. The first-order valence-electron chi connectivity index (χ1n) is 11.6. The summed E-state index contributed by atoms with van der Waals surface area (Å²) in [5.41, 5.74) is 4.20. The second-order valence-electron chi connectivity index (χ2n) is 9.33. The van der Waals surface area contributed by atoms with Gasteiger partial charge in [0.15, 0.2) is 5.78 Å². The molecule has 0 saturated carbocycles. The van der Waals surface area contributed by atoms with E-state index in [0.29, 0.717) is 35.2 Å². The van der Waals surface area contributed by atoms with Crippen molar-refractivity contribution in [1.82, 2.24) is 5.32 Å². The lowest BCUT2D eigenvalue weighted by Crippen LogP contribution is -2.36. The van der Waals surface area contributed by atoms with Crippen LogP contribution in [-0.4, -0.2) is 25.5 Å². The fourth-order valence-corrected chi connectivity index (χ4v) is 4.73. The van der Waals surface area contributed by atoms with E-state index < -0.39 is 11.9 Å². The topological polar surface area (TPSA) is 64.6 Å². The standard InChI is InChI=1S/C28H30FNO4/c1-16(2)15-34-28(32)25-17(3)30-23-13-20(18-7-11-22(33-4)12-8-18)14-24(31)27(23)26(25)19-5-9-21(29)10-6-19/h5-12,16,20,26,30H,13-15H2,1-4H3/t20-,26-/m1/s1.